The molecule has 0 aliphatic carbocycles. The van der Waals surface area contributed by atoms with Crippen molar-refractivity contribution in [2.45, 2.75) is 59.0 Å². The van der Waals surface area contributed by atoms with Crippen molar-refractivity contribution in [2.75, 3.05) is 26.9 Å². The monoisotopic (exact) mass is 512 g/mol. The number of rotatable bonds is 13. The molecule has 1 aromatic carbocycles. The molecule has 0 spiro atoms. The van der Waals surface area contributed by atoms with Crippen LogP contribution < -0.4 is 14.8 Å². The quantitative estimate of drug-likeness (QED) is 0.314. The van der Waals surface area contributed by atoms with Crippen LogP contribution in [0.15, 0.2) is 28.8 Å². The number of carbonyl (C=O) groups is 1. The van der Waals surface area contributed by atoms with Crippen LogP contribution in [0.3, 0.4) is 0 Å². The largest absolute Gasteiger partial charge is 0.490 e. The summed E-state index contributed by atoms with van der Waals surface area (Å²) in [6, 6.07) is 7.62. The van der Waals surface area contributed by atoms with E-state index in [9.17, 15) is 9.90 Å². The van der Waals surface area contributed by atoms with Crippen molar-refractivity contribution in [3.8, 4) is 34.5 Å². The Morgan fingerprint density at radius 1 is 1.11 bits per heavy atom. The van der Waals surface area contributed by atoms with Gasteiger partial charge in [-0.2, -0.15) is 4.98 Å². The standard InChI is InChI=1S/C27H36N4O6/c1-6-17(7-2)22-11-20(12-24(29-22)35-5)27-30-26(31-37-27)19-9-16(4)25(18(8-3)10-19)36-15-21(33)13-28-23(34)14-32/h9-12,17,21,32-33H,6-8,13-15H2,1-5H3,(H,28,34)/t21-/m0/s1. The first-order chi connectivity index (χ1) is 17.8. The summed E-state index contributed by atoms with van der Waals surface area (Å²) in [6.07, 6.45) is 1.70. The number of carbonyl (C=O) groups excluding carboxylic acids is 1. The van der Waals surface area contributed by atoms with Crippen molar-refractivity contribution >= 4 is 5.91 Å². The van der Waals surface area contributed by atoms with Gasteiger partial charge >= 0.3 is 0 Å². The Morgan fingerprint density at radius 2 is 1.86 bits per heavy atom. The van der Waals surface area contributed by atoms with E-state index in [2.05, 4.69) is 34.3 Å². The van der Waals surface area contributed by atoms with E-state index < -0.39 is 18.6 Å². The van der Waals surface area contributed by atoms with Crippen LogP contribution >= 0.6 is 0 Å². The number of amides is 1. The van der Waals surface area contributed by atoms with Crippen LogP contribution in [-0.4, -0.2) is 64.2 Å². The van der Waals surface area contributed by atoms with Crippen molar-refractivity contribution < 1.29 is 29.0 Å². The van der Waals surface area contributed by atoms with Crippen LogP contribution in [0.1, 0.15) is 56.4 Å². The third-order valence-electron chi connectivity index (χ3n) is 6.20. The Labute approximate surface area is 217 Å². The summed E-state index contributed by atoms with van der Waals surface area (Å²) in [5.41, 5.74) is 4.25. The van der Waals surface area contributed by atoms with E-state index in [1.807, 2.05) is 32.0 Å². The molecular weight excluding hydrogens is 476 g/mol. The number of nitrogens with zero attached hydrogens (tertiary/aromatic N) is 3. The van der Waals surface area contributed by atoms with Gasteiger partial charge in [0.15, 0.2) is 0 Å². The van der Waals surface area contributed by atoms with Crippen LogP contribution in [0.4, 0.5) is 0 Å². The summed E-state index contributed by atoms with van der Waals surface area (Å²) in [5.74, 6) is 1.75. The number of hydrogen-bond donors (Lipinski definition) is 3. The zero-order valence-corrected chi connectivity index (χ0v) is 22.1. The van der Waals surface area contributed by atoms with E-state index in [1.54, 1.807) is 13.2 Å². The van der Waals surface area contributed by atoms with Crippen LogP contribution in [0.5, 0.6) is 11.6 Å². The Balaban J connectivity index is 1.83. The first kappa shape index (κ1) is 28.1. The number of hydrogen-bond acceptors (Lipinski definition) is 9. The molecule has 3 rings (SSSR count). The van der Waals surface area contributed by atoms with E-state index in [0.717, 1.165) is 40.8 Å². The molecule has 10 heteroatoms. The fourth-order valence-corrected chi connectivity index (χ4v) is 4.10. The maximum atomic E-state index is 11.2. The van der Waals surface area contributed by atoms with Crippen LogP contribution in [0, 0.1) is 6.92 Å². The van der Waals surface area contributed by atoms with Gasteiger partial charge in [0.2, 0.25) is 17.6 Å². The van der Waals surface area contributed by atoms with E-state index in [1.165, 1.54) is 0 Å². The lowest BCUT2D eigenvalue weighted by atomic mass is 9.97. The van der Waals surface area contributed by atoms with E-state index >= 15 is 0 Å². The Kier molecular flexibility index (Phi) is 9.99. The number of pyridine rings is 1. The molecule has 0 aliphatic rings. The molecule has 2 aromatic heterocycles. The molecule has 1 amide bonds. The normalized spacial score (nSPS) is 12.0. The second-order valence-electron chi connectivity index (χ2n) is 8.82. The van der Waals surface area contributed by atoms with Gasteiger partial charge in [-0.3, -0.25) is 4.79 Å². The number of nitrogens with one attached hydrogen (secondary N) is 1. The minimum Gasteiger partial charge on any atom is -0.490 e. The predicted octanol–water partition coefficient (Wildman–Crippen LogP) is 3.43. The third-order valence-corrected chi connectivity index (χ3v) is 6.20. The molecule has 200 valence electrons. The number of ether oxygens (including phenoxy) is 2. The van der Waals surface area contributed by atoms with Gasteiger partial charge in [0.05, 0.1) is 7.11 Å². The van der Waals surface area contributed by atoms with Crippen LogP contribution in [-0.2, 0) is 11.2 Å². The molecule has 0 saturated carbocycles. The first-order valence-electron chi connectivity index (χ1n) is 12.6. The topological polar surface area (TPSA) is 140 Å². The Morgan fingerprint density at radius 3 is 2.51 bits per heavy atom. The summed E-state index contributed by atoms with van der Waals surface area (Å²) < 4.78 is 16.9. The third kappa shape index (κ3) is 7.05. The minimum absolute atomic E-state index is 0.00598. The fourth-order valence-electron chi connectivity index (χ4n) is 4.10. The summed E-state index contributed by atoms with van der Waals surface area (Å²) >= 11 is 0. The Hall–Kier alpha value is -3.50. The molecule has 0 saturated heterocycles. The van der Waals surface area contributed by atoms with Crippen LogP contribution in [0.25, 0.3) is 22.8 Å². The number of aliphatic hydroxyl groups excluding tert-OH is 2. The van der Waals surface area contributed by atoms with Crippen molar-refractivity contribution in [3.05, 3.63) is 41.1 Å². The molecular formula is C27H36N4O6. The van der Waals surface area contributed by atoms with Gasteiger partial charge < -0.3 is 29.5 Å². The van der Waals surface area contributed by atoms with E-state index in [4.69, 9.17) is 19.1 Å². The van der Waals surface area contributed by atoms with Gasteiger partial charge in [-0.1, -0.05) is 25.9 Å². The maximum Gasteiger partial charge on any atom is 0.258 e. The number of aryl methyl sites for hydroxylation is 2. The minimum atomic E-state index is -0.915. The van der Waals surface area contributed by atoms with Gasteiger partial charge in [0.25, 0.3) is 5.89 Å². The van der Waals surface area contributed by atoms with Gasteiger partial charge in [-0.15, -0.1) is 0 Å². The number of benzene rings is 1. The molecule has 0 unspecified atom stereocenters. The number of aromatic nitrogens is 3. The molecule has 0 aliphatic heterocycles. The number of methoxy groups -OCH3 is 1. The molecule has 1 atom stereocenters. The van der Waals surface area contributed by atoms with Crippen molar-refractivity contribution in [1.82, 2.24) is 20.4 Å². The second-order valence-corrected chi connectivity index (χ2v) is 8.82. The van der Waals surface area contributed by atoms with Gasteiger partial charge in [0.1, 0.15) is 25.1 Å². The fraction of sp³-hybridized carbons (Fsp3) is 0.481. The molecule has 3 N–H and O–H groups in total. The molecule has 0 bridgehead atoms. The van der Waals surface area contributed by atoms with Gasteiger partial charge in [-0.25, -0.2) is 4.98 Å². The SMILES string of the molecule is CCc1cc(-c2noc(-c3cc(OC)nc(C(CC)CC)c3)n2)cc(C)c1OC[C@@H](O)CNC(=O)CO. The zero-order valence-electron chi connectivity index (χ0n) is 22.1. The molecule has 0 fully saturated rings. The highest BCUT2D eigenvalue weighted by Gasteiger charge is 2.19. The smallest absolute Gasteiger partial charge is 0.258 e. The predicted molar refractivity (Wildman–Crippen MR) is 139 cm³/mol. The van der Waals surface area contributed by atoms with Gasteiger partial charge in [-0.05, 0) is 55.5 Å². The molecule has 2 heterocycles. The molecule has 37 heavy (non-hydrogen) atoms. The van der Waals surface area contributed by atoms with Crippen LogP contribution in [0.2, 0.25) is 0 Å². The highest BCUT2D eigenvalue weighted by atomic mass is 16.5. The summed E-state index contributed by atoms with van der Waals surface area (Å²) in [6.45, 7) is 7.55. The lowest BCUT2D eigenvalue weighted by Gasteiger charge is -2.17. The molecule has 0 radical (unpaired) electrons. The summed E-state index contributed by atoms with van der Waals surface area (Å²) in [5, 5.41) is 25.5. The highest BCUT2D eigenvalue weighted by Crippen LogP contribution is 2.33. The first-order valence-corrected chi connectivity index (χ1v) is 12.6. The van der Waals surface area contributed by atoms with Crippen molar-refractivity contribution in [1.29, 1.82) is 0 Å². The lowest BCUT2D eigenvalue weighted by molar-refractivity contribution is -0.124. The number of aliphatic hydroxyl groups is 2. The lowest BCUT2D eigenvalue weighted by Crippen LogP contribution is -2.36. The van der Waals surface area contributed by atoms with E-state index in [-0.39, 0.29) is 13.2 Å². The Bertz CT molecular complexity index is 1190. The average Bonchev–Trinajstić information content (AvgIpc) is 3.41. The van der Waals surface area contributed by atoms with Crippen molar-refractivity contribution in [3.63, 3.8) is 0 Å². The molecule has 3 aromatic rings. The van der Waals surface area contributed by atoms with E-state index in [0.29, 0.717) is 35.7 Å². The molecule has 10 nitrogen and oxygen atoms in total. The van der Waals surface area contributed by atoms with Crippen molar-refractivity contribution in [2.24, 2.45) is 0 Å². The highest BCUT2D eigenvalue weighted by molar-refractivity contribution is 5.76. The zero-order chi connectivity index (χ0) is 26.9. The summed E-state index contributed by atoms with van der Waals surface area (Å²) in [7, 11) is 1.59. The second kappa shape index (κ2) is 13.2. The average molecular weight is 513 g/mol. The summed E-state index contributed by atoms with van der Waals surface area (Å²) in [4.78, 5) is 20.4. The maximum absolute atomic E-state index is 11.2. The van der Waals surface area contributed by atoms with Gasteiger partial charge in [0, 0.05) is 35.3 Å².